The molecule has 1 aliphatic heterocycles. The number of piperidine rings is 1. The number of imidazole rings is 1. The van der Waals surface area contributed by atoms with E-state index in [2.05, 4.69) is 24.9 Å². The maximum absolute atomic E-state index is 12.5. The predicted molar refractivity (Wildman–Crippen MR) is 106 cm³/mol. The highest BCUT2D eigenvalue weighted by Crippen LogP contribution is 2.25. The Morgan fingerprint density at radius 3 is 2.50 bits per heavy atom. The Morgan fingerprint density at radius 1 is 1.13 bits per heavy atom. The minimum atomic E-state index is -4.74. The second kappa shape index (κ2) is 8.35. The van der Waals surface area contributed by atoms with Gasteiger partial charge in [0.05, 0.1) is 17.6 Å². The van der Waals surface area contributed by atoms with Crippen molar-refractivity contribution in [2.24, 2.45) is 5.92 Å². The lowest BCUT2D eigenvalue weighted by Crippen LogP contribution is -2.38. The van der Waals surface area contributed by atoms with E-state index in [1.54, 1.807) is 0 Å². The van der Waals surface area contributed by atoms with Crippen LogP contribution in [0.2, 0.25) is 0 Å². The Kier molecular flexibility index (Phi) is 5.63. The highest BCUT2D eigenvalue weighted by molar-refractivity contribution is 5.92. The van der Waals surface area contributed by atoms with Crippen LogP contribution in [-0.4, -0.2) is 40.2 Å². The van der Waals surface area contributed by atoms with Crippen molar-refractivity contribution < 1.29 is 22.7 Å². The molecule has 0 bridgehead atoms. The van der Waals surface area contributed by atoms with Crippen LogP contribution < -0.4 is 10.1 Å². The topological polar surface area (TPSA) is 70.2 Å². The number of rotatable bonds is 5. The molecule has 0 radical (unpaired) electrons. The van der Waals surface area contributed by atoms with Crippen LogP contribution in [0.15, 0.2) is 48.5 Å². The molecule has 1 aliphatic rings. The molecular formula is C21H21F3N4O2. The summed E-state index contributed by atoms with van der Waals surface area (Å²) in [7, 11) is 0. The normalized spacial score (nSPS) is 16.0. The van der Waals surface area contributed by atoms with Crippen LogP contribution in [0.1, 0.15) is 18.7 Å². The summed E-state index contributed by atoms with van der Waals surface area (Å²) < 4.78 is 40.5. The van der Waals surface area contributed by atoms with Crippen LogP contribution in [0.5, 0.6) is 5.75 Å². The maximum Gasteiger partial charge on any atom is 0.573 e. The summed E-state index contributed by atoms with van der Waals surface area (Å²) in [4.78, 5) is 22.7. The molecule has 2 aromatic carbocycles. The number of hydrogen-bond acceptors (Lipinski definition) is 4. The first-order chi connectivity index (χ1) is 14.4. The van der Waals surface area contributed by atoms with Crippen LogP contribution in [0, 0.1) is 5.92 Å². The number of para-hydroxylation sites is 2. The SMILES string of the molecule is O=C(Nc1ccc(OC(F)(F)F)cc1)C1CCN(Cc2nc3ccccc3[nH]2)CC1. The number of likely N-dealkylation sites (tertiary alicyclic amines) is 1. The first-order valence-electron chi connectivity index (χ1n) is 9.68. The van der Waals surface area contributed by atoms with Gasteiger partial charge in [-0.2, -0.15) is 0 Å². The molecule has 1 amide bonds. The van der Waals surface area contributed by atoms with Crippen LogP contribution in [-0.2, 0) is 11.3 Å². The number of aromatic nitrogens is 2. The van der Waals surface area contributed by atoms with Crippen molar-refractivity contribution in [1.29, 1.82) is 0 Å². The minimum Gasteiger partial charge on any atom is -0.406 e. The number of amides is 1. The molecule has 0 unspecified atom stereocenters. The molecule has 9 heteroatoms. The fourth-order valence-electron chi connectivity index (χ4n) is 3.63. The molecule has 1 saturated heterocycles. The number of carbonyl (C=O) groups is 1. The van der Waals surface area contributed by atoms with Crippen molar-refractivity contribution in [3.63, 3.8) is 0 Å². The van der Waals surface area contributed by atoms with Gasteiger partial charge in [0, 0.05) is 11.6 Å². The van der Waals surface area contributed by atoms with Crippen molar-refractivity contribution in [2.45, 2.75) is 25.7 Å². The molecule has 0 atom stereocenters. The van der Waals surface area contributed by atoms with Gasteiger partial charge < -0.3 is 15.0 Å². The van der Waals surface area contributed by atoms with Crippen molar-refractivity contribution in [1.82, 2.24) is 14.9 Å². The zero-order valence-corrected chi connectivity index (χ0v) is 16.1. The Labute approximate surface area is 171 Å². The van der Waals surface area contributed by atoms with Gasteiger partial charge in [0.2, 0.25) is 5.91 Å². The summed E-state index contributed by atoms with van der Waals surface area (Å²) in [6, 6.07) is 13.0. The van der Waals surface area contributed by atoms with Gasteiger partial charge in [-0.3, -0.25) is 9.69 Å². The van der Waals surface area contributed by atoms with Crippen LogP contribution in [0.4, 0.5) is 18.9 Å². The first kappa shape index (κ1) is 20.2. The Morgan fingerprint density at radius 2 is 1.83 bits per heavy atom. The van der Waals surface area contributed by atoms with Crippen LogP contribution in [0.3, 0.4) is 0 Å². The number of aromatic amines is 1. The zero-order chi connectivity index (χ0) is 21.1. The predicted octanol–water partition coefficient (Wildman–Crippen LogP) is 4.31. The van der Waals surface area contributed by atoms with Crippen LogP contribution in [0.25, 0.3) is 11.0 Å². The highest BCUT2D eigenvalue weighted by Gasteiger charge is 2.31. The van der Waals surface area contributed by atoms with E-state index in [1.165, 1.54) is 24.3 Å². The summed E-state index contributed by atoms with van der Waals surface area (Å²) in [6.07, 6.45) is -3.32. The number of nitrogens with one attached hydrogen (secondary N) is 2. The quantitative estimate of drug-likeness (QED) is 0.648. The summed E-state index contributed by atoms with van der Waals surface area (Å²) in [5.41, 5.74) is 2.39. The summed E-state index contributed by atoms with van der Waals surface area (Å²) in [6.45, 7) is 2.24. The number of alkyl halides is 3. The Bertz CT molecular complexity index is 976. The number of ether oxygens (including phenoxy) is 1. The average molecular weight is 418 g/mol. The van der Waals surface area contributed by atoms with E-state index in [1.807, 2.05) is 24.3 Å². The number of anilines is 1. The van der Waals surface area contributed by atoms with Crippen molar-refractivity contribution in [3.05, 3.63) is 54.4 Å². The van der Waals surface area contributed by atoms with Gasteiger partial charge in [-0.25, -0.2) is 4.98 Å². The summed E-state index contributed by atoms with van der Waals surface area (Å²) in [5, 5.41) is 2.77. The maximum atomic E-state index is 12.5. The Hall–Kier alpha value is -3.07. The van der Waals surface area contributed by atoms with Crippen molar-refractivity contribution in [3.8, 4) is 5.75 Å². The third-order valence-electron chi connectivity index (χ3n) is 5.13. The van der Waals surface area contributed by atoms with Gasteiger partial charge in [-0.15, -0.1) is 13.2 Å². The monoisotopic (exact) mass is 418 g/mol. The van der Waals surface area contributed by atoms with Gasteiger partial charge in [0.25, 0.3) is 0 Å². The fourth-order valence-corrected chi connectivity index (χ4v) is 3.63. The fraction of sp³-hybridized carbons (Fsp3) is 0.333. The largest absolute Gasteiger partial charge is 0.573 e. The lowest BCUT2D eigenvalue weighted by molar-refractivity contribution is -0.274. The number of halogens is 3. The number of H-pyrrole nitrogens is 1. The van der Waals surface area contributed by atoms with E-state index in [-0.39, 0.29) is 17.6 Å². The number of benzene rings is 2. The molecule has 2 N–H and O–H groups in total. The van der Waals surface area contributed by atoms with E-state index in [9.17, 15) is 18.0 Å². The second-order valence-electron chi connectivity index (χ2n) is 7.31. The van der Waals surface area contributed by atoms with E-state index in [0.717, 1.165) is 29.9 Å². The molecule has 1 aromatic heterocycles. The molecule has 0 aliphatic carbocycles. The van der Waals surface area contributed by atoms with Gasteiger partial charge in [-0.1, -0.05) is 12.1 Å². The molecule has 3 aromatic rings. The summed E-state index contributed by atoms with van der Waals surface area (Å²) in [5.74, 6) is 0.325. The third-order valence-corrected chi connectivity index (χ3v) is 5.13. The molecule has 6 nitrogen and oxygen atoms in total. The smallest absolute Gasteiger partial charge is 0.406 e. The van der Waals surface area contributed by atoms with E-state index in [0.29, 0.717) is 25.1 Å². The van der Waals surface area contributed by atoms with Gasteiger partial charge in [0.1, 0.15) is 11.6 Å². The molecule has 2 heterocycles. The number of hydrogen-bond donors (Lipinski definition) is 2. The lowest BCUT2D eigenvalue weighted by atomic mass is 9.96. The molecule has 0 spiro atoms. The van der Waals surface area contributed by atoms with Gasteiger partial charge in [-0.05, 0) is 62.3 Å². The molecule has 4 rings (SSSR count). The van der Waals surface area contributed by atoms with E-state index < -0.39 is 6.36 Å². The Balaban J connectivity index is 1.26. The third kappa shape index (κ3) is 5.10. The number of fused-ring (bicyclic) bond motifs is 1. The molecule has 30 heavy (non-hydrogen) atoms. The van der Waals surface area contributed by atoms with Crippen molar-refractivity contribution >= 4 is 22.6 Å². The molecule has 158 valence electrons. The van der Waals surface area contributed by atoms with E-state index in [4.69, 9.17) is 0 Å². The van der Waals surface area contributed by atoms with Gasteiger partial charge >= 0.3 is 6.36 Å². The average Bonchev–Trinajstić information content (AvgIpc) is 3.11. The van der Waals surface area contributed by atoms with Crippen molar-refractivity contribution in [2.75, 3.05) is 18.4 Å². The van der Waals surface area contributed by atoms with Crippen LogP contribution >= 0.6 is 0 Å². The molecular weight excluding hydrogens is 397 g/mol. The zero-order valence-electron chi connectivity index (χ0n) is 16.1. The lowest BCUT2D eigenvalue weighted by Gasteiger charge is -2.30. The molecule has 0 saturated carbocycles. The second-order valence-corrected chi connectivity index (χ2v) is 7.31. The first-order valence-corrected chi connectivity index (χ1v) is 9.68. The van der Waals surface area contributed by atoms with E-state index >= 15 is 0 Å². The summed E-state index contributed by atoms with van der Waals surface area (Å²) >= 11 is 0. The number of carbonyl (C=O) groups excluding carboxylic acids is 1. The standard InChI is InChI=1S/C21H21F3N4O2/c22-21(23,24)30-16-7-5-15(6-8-16)25-20(29)14-9-11-28(12-10-14)13-19-26-17-3-1-2-4-18(17)27-19/h1-8,14H,9-13H2,(H,25,29)(H,26,27). The van der Waals surface area contributed by atoms with Gasteiger partial charge in [0.15, 0.2) is 0 Å². The minimum absolute atomic E-state index is 0.122. The highest BCUT2D eigenvalue weighted by atomic mass is 19.4. The number of nitrogens with zero attached hydrogens (tertiary/aromatic N) is 2. The molecule has 1 fully saturated rings.